The highest BCUT2D eigenvalue weighted by Gasteiger charge is 2.23. The lowest BCUT2D eigenvalue weighted by molar-refractivity contribution is 0.313. The van der Waals surface area contributed by atoms with Crippen LogP contribution in [-0.2, 0) is 0 Å². The Morgan fingerprint density at radius 1 is 1.11 bits per heavy atom. The minimum absolute atomic E-state index is 0.295. The number of hydrogen-bond donors (Lipinski definition) is 0. The van der Waals surface area contributed by atoms with Crippen LogP contribution in [-0.4, -0.2) is 6.61 Å². The summed E-state index contributed by atoms with van der Waals surface area (Å²) < 4.78 is 5.79. The van der Waals surface area contributed by atoms with Crippen molar-refractivity contribution in [1.29, 1.82) is 0 Å². The Morgan fingerprint density at radius 3 is 2.22 bits per heavy atom. The van der Waals surface area contributed by atoms with Crippen molar-refractivity contribution in [1.82, 2.24) is 0 Å². The average Bonchev–Trinajstić information content (AvgIpc) is 2.27. The lowest BCUT2D eigenvalue weighted by atomic mass is 9.76. The van der Waals surface area contributed by atoms with E-state index in [-0.39, 0.29) is 0 Å². The first kappa shape index (κ1) is 15.1. The molecule has 0 aliphatic heterocycles. The van der Waals surface area contributed by atoms with Crippen LogP contribution in [0.1, 0.15) is 63.6 Å². The largest absolute Gasteiger partial charge is 0.493 e. The molecular weight excluding hydrogens is 220 g/mol. The molecule has 18 heavy (non-hydrogen) atoms. The van der Waals surface area contributed by atoms with Crippen molar-refractivity contribution < 1.29 is 4.74 Å². The fourth-order valence-corrected chi connectivity index (χ4v) is 2.11. The quantitative estimate of drug-likeness (QED) is 0.708. The molecule has 0 spiro atoms. The van der Waals surface area contributed by atoms with E-state index < -0.39 is 0 Å². The maximum Gasteiger partial charge on any atom is 0.122 e. The van der Waals surface area contributed by atoms with E-state index in [1.807, 2.05) is 0 Å². The van der Waals surface area contributed by atoms with Crippen molar-refractivity contribution in [3.8, 4) is 5.75 Å². The molecule has 1 atom stereocenters. The number of aryl methyl sites for hydroxylation is 2. The second-order valence-electron chi connectivity index (χ2n) is 6.41. The van der Waals surface area contributed by atoms with Crippen LogP contribution in [0.4, 0.5) is 0 Å². The number of benzene rings is 1. The van der Waals surface area contributed by atoms with Crippen molar-refractivity contribution in [3.05, 3.63) is 28.8 Å². The minimum Gasteiger partial charge on any atom is -0.493 e. The van der Waals surface area contributed by atoms with E-state index >= 15 is 0 Å². The van der Waals surface area contributed by atoms with Gasteiger partial charge < -0.3 is 4.74 Å². The van der Waals surface area contributed by atoms with E-state index in [9.17, 15) is 0 Å². The molecule has 0 heterocycles. The van der Waals surface area contributed by atoms with Crippen LogP contribution in [0.25, 0.3) is 0 Å². The van der Waals surface area contributed by atoms with Crippen molar-refractivity contribution >= 4 is 0 Å². The van der Waals surface area contributed by atoms with Crippen molar-refractivity contribution in [2.24, 2.45) is 5.41 Å². The Bertz CT molecular complexity index is 399. The summed E-state index contributed by atoms with van der Waals surface area (Å²) in [7, 11) is 0. The lowest BCUT2D eigenvalue weighted by Gasteiger charge is -2.29. The van der Waals surface area contributed by atoms with Gasteiger partial charge in [-0.15, -0.1) is 0 Å². The molecular formula is C17H28O. The molecule has 102 valence electrons. The van der Waals surface area contributed by atoms with E-state index in [1.54, 1.807) is 0 Å². The van der Waals surface area contributed by atoms with Gasteiger partial charge in [0.1, 0.15) is 5.75 Å². The van der Waals surface area contributed by atoms with E-state index in [2.05, 4.69) is 60.6 Å². The van der Waals surface area contributed by atoms with Gasteiger partial charge in [-0.25, -0.2) is 0 Å². The second kappa shape index (κ2) is 5.77. The van der Waals surface area contributed by atoms with Crippen molar-refractivity contribution in [2.75, 3.05) is 6.61 Å². The first-order valence-electron chi connectivity index (χ1n) is 7.01. The maximum absolute atomic E-state index is 5.79. The number of hydrogen-bond acceptors (Lipinski definition) is 1. The molecule has 0 aromatic heterocycles. The monoisotopic (exact) mass is 248 g/mol. The molecule has 0 saturated heterocycles. The zero-order chi connectivity index (χ0) is 13.9. The summed E-state index contributed by atoms with van der Waals surface area (Å²) in [5.74, 6) is 1.59. The predicted molar refractivity (Wildman–Crippen MR) is 79.6 cm³/mol. The molecule has 0 fully saturated rings. The van der Waals surface area contributed by atoms with Crippen LogP contribution < -0.4 is 4.74 Å². The molecule has 0 bridgehead atoms. The van der Waals surface area contributed by atoms with E-state index in [0.29, 0.717) is 11.3 Å². The van der Waals surface area contributed by atoms with Crippen molar-refractivity contribution in [2.45, 2.75) is 60.8 Å². The highest BCUT2D eigenvalue weighted by Crippen LogP contribution is 2.38. The minimum atomic E-state index is 0.295. The van der Waals surface area contributed by atoms with Crippen LogP contribution in [0.5, 0.6) is 5.75 Å². The second-order valence-corrected chi connectivity index (χ2v) is 6.41. The number of ether oxygens (including phenoxy) is 1. The van der Waals surface area contributed by atoms with E-state index in [0.717, 1.165) is 18.8 Å². The molecule has 1 aromatic carbocycles. The van der Waals surface area contributed by atoms with Gasteiger partial charge in [-0.05, 0) is 54.4 Å². The molecule has 1 rings (SSSR count). The predicted octanol–water partition coefficient (Wildman–Crippen LogP) is 5.24. The van der Waals surface area contributed by atoms with Gasteiger partial charge in [-0.1, -0.05) is 40.7 Å². The zero-order valence-corrected chi connectivity index (χ0v) is 13.1. The third kappa shape index (κ3) is 3.51. The highest BCUT2D eigenvalue weighted by molar-refractivity contribution is 5.43. The summed E-state index contributed by atoms with van der Waals surface area (Å²) in [5.41, 5.74) is 4.33. The Balaban J connectivity index is 3.07. The Kier molecular flexibility index (Phi) is 4.84. The van der Waals surface area contributed by atoms with Crippen LogP contribution in [0.3, 0.4) is 0 Å². The van der Waals surface area contributed by atoms with Gasteiger partial charge in [0.2, 0.25) is 0 Å². The standard InChI is InChI=1S/C17H28O/c1-8-9-18-16-11-12(2)15(10-13(16)3)14(4)17(5,6)7/h10-11,14H,8-9H2,1-7H3. The topological polar surface area (TPSA) is 9.23 Å². The van der Waals surface area contributed by atoms with E-state index in [4.69, 9.17) is 4.74 Å². The summed E-state index contributed by atoms with van der Waals surface area (Å²) in [6.45, 7) is 16.5. The molecule has 0 radical (unpaired) electrons. The first-order chi connectivity index (χ1) is 8.27. The summed E-state index contributed by atoms with van der Waals surface area (Å²) in [5, 5.41) is 0. The molecule has 0 aliphatic rings. The smallest absolute Gasteiger partial charge is 0.122 e. The number of rotatable bonds is 4. The van der Waals surface area contributed by atoms with Crippen LogP contribution >= 0.6 is 0 Å². The average molecular weight is 248 g/mol. The molecule has 0 aliphatic carbocycles. The molecule has 1 heteroatoms. The van der Waals surface area contributed by atoms with Gasteiger partial charge in [0.25, 0.3) is 0 Å². The zero-order valence-electron chi connectivity index (χ0n) is 13.1. The van der Waals surface area contributed by atoms with Gasteiger partial charge in [-0.3, -0.25) is 0 Å². The molecule has 1 nitrogen and oxygen atoms in total. The molecule has 1 unspecified atom stereocenters. The first-order valence-corrected chi connectivity index (χ1v) is 7.01. The summed E-state index contributed by atoms with van der Waals surface area (Å²) in [6, 6.07) is 4.50. The van der Waals surface area contributed by atoms with Gasteiger partial charge in [-0.2, -0.15) is 0 Å². The Morgan fingerprint density at radius 2 is 1.72 bits per heavy atom. The van der Waals surface area contributed by atoms with Crippen LogP contribution in [0.2, 0.25) is 0 Å². The summed E-state index contributed by atoms with van der Waals surface area (Å²) in [6.07, 6.45) is 1.05. The van der Waals surface area contributed by atoms with E-state index in [1.165, 1.54) is 16.7 Å². The molecule has 1 aromatic rings. The third-order valence-corrected chi connectivity index (χ3v) is 3.79. The van der Waals surface area contributed by atoms with Gasteiger partial charge >= 0.3 is 0 Å². The third-order valence-electron chi connectivity index (χ3n) is 3.79. The highest BCUT2D eigenvalue weighted by atomic mass is 16.5. The van der Waals surface area contributed by atoms with Crippen LogP contribution in [0.15, 0.2) is 12.1 Å². The Labute approximate surface area is 113 Å². The van der Waals surface area contributed by atoms with Crippen molar-refractivity contribution in [3.63, 3.8) is 0 Å². The maximum atomic E-state index is 5.79. The molecule has 0 amide bonds. The molecule has 0 N–H and O–H groups in total. The van der Waals surface area contributed by atoms with Gasteiger partial charge in [0.05, 0.1) is 6.61 Å². The SMILES string of the molecule is CCCOc1cc(C)c(C(C)C(C)(C)C)cc1C. The summed E-state index contributed by atoms with van der Waals surface area (Å²) in [4.78, 5) is 0. The lowest BCUT2D eigenvalue weighted by Crippen LogP contribution is -2.16. The fourth-order valence-electron chi connectivity index (χ4n) is 2.11. The van der Waals surface area contributed by atoms with Gasteiger partial charge in [0.15, 0.2) is 0 Å². The fraction of sp³-hybridized carbons (Fsp3) is 0.647. The van der Waals surface area contributed by atoms with Gasteiger partial charge in [0, 0.05) is 0 Å². The summed E-state index contributed by atoms with van der Waals surface area (Å²) >= 11 is 0. The van der Waals surface area contributed by atoms with Crippen LogP contribution in [0, 0.1) is 19.3 Å². The Hall–Kier alpha value is -0.980. The normalized spacial score (nSPS) is 13.5. The molecule has 0 saturated carbocycles.